The third kappa shape index (κ3) is 3.24. The van der Waals surface area contributed by atoms with Crippen LogP contribution >= 0.6 is 11.3 Å². The van der Waals surface area contributed by atoms with E-state index in [0.717, 1.165) is 23.5 Å². The van der Waals surface area contributed by atoms with E-state index in [-0.39, 0.29) is 5.75 Å². The van der Waals surface area contributed by atoms with Gasteiger partial charge < -0.3 is 9.84 Å². The maximum absolute atomic E-state index is 9.68. The van der Waals surface area contributed by atoms with Crippen LogP contribution in [0.25, 0.3) is 0 Å². The van der Waals surface area contributed by atoms with Crippen molar-refractivity contribution in [1.29, 1.82) is 0 Å². The average molecular weight is 302 g/mol. The maximum atomic E-state index is 9.68. The first-order chi connectivity index (χ1) is 10.3. The number of phenols is 1. The maximum Gasteiger partial charge on any atom is 0.209 e. The van der Waals surface area contributed by atoms with Crippen molar-refractivity contribution >= 4 is 22.7 Å². The van der Waals surface area contributed by atoms with Crippen LogP contribution in [0, 0.1) is 0 Å². The first-order valence-electron chi connectivity index (χ1n) is 7.24. The molecule has 5 heteroatoms. The van der Waals surface area contributed by atoms with Crippen molar-refractivity contribution < 1.29 is 9.84 Å². The molecule has 0 radical (unpaired) electrons. The number of aliphatic imine (C=N–C) groups is 1. The molecule has 3 rings (SSSR count). The summed E-state index contributed by atoms with van der Waals surface area (Å²) in [5.74, 6) is 0.638. The second-order valence-electron chi connectivity index (χ2n) is 4.99. The summed E-state index contributed by atoms with van der Waals surface area (Å²) in [6.45, 7) is 2.41. The summed E-state index contributed by atoms with van der Waals surface area (Å²) >= 11 is 1.68. The van der Waals surface area contributed by atoms with Crippen LogP contribution in [0.5, 0.6) is 11.5 Å². The summed E-state index contributed by atoms with van der Waals surface area (Å²) < 4.78 is 5.37. The van der Waals surface area contributed by atoms with Gasteiger partial charge >= 0.3 is 0 Å². The quantitative estimate of drug-likeness (QED) is 0.872. The van der Waals surface area contributed by atoms with E-state index in [1.54, 1.807) is 29.7 Å². The second-order valence-corrected chi connectivity index (χ2v) is 6.05. The summed E-state index contributed by atoms with van der Waals surface area (Å²) in [7, 11) is 0. The number of aromatic nitrogens is 1. The van der Waals surface area contributed by atoms with Gasteiger partial charge in [-0.3, -0.25) is 0 Å². The highest BCUT2D eigenvalue weighted by Gasteiger charge is 2.14. The minimum atomic E-state index is 0.152. The van der Waals surface area contributed by atoms with Crippen LogP contribution in [-0.4, -0.2) is 22.9 Å². The van der Waals surface area contributed by atoms with Crippen LogP contribution in [0.15, 0.2) is 23.2 Å². The fourth-order valence-electron chi connectivity index (χ4n) is 2.41. The Kier molecular flexibility index (Phi) is 4.20. The summed E-state index contributed by atoms with van der Waals surface area (Å²) in [6, 6.07) is 5.23. The van der Waals surface area contributed by atoms with Crippen molar-refractivity contribution in [2.75, 3.05) is 6.61 Å². The van der Waals surface area contributed by atoms with E-state index in [1.165, 1.54) is 23.4 Å². The van der Waals surface area contributed by atoms with E-state index in [1.807, 2.05) is 13.0 Å². The van der Waals surface area contributed by atoms with Gasteiger partial charge in [-0.1, -0.05) is 11.3 Å². The molecule has 0 bridgehead atoms. The van der Waals surface area contributed by atoms with Crippen LogP contribution in [0.4, 0.5) is 5.13 Å². The molecule has 0 saturated heterocycles. The van der Waals surface area contributed by atoms with Crippen molar-refractivity contribution in [1.82, 2.24) is 4.98 Å². The Morgan fingerprint density at radius 3 is 3.05 bits per heavy atom. The molecule has 1 aliphatic rings. The number of nitrogens with zero attached hydrogens (tertiary/aromatic N) is 2. The van der Waals surface area contributed by atoms with Crippen molar-refractivity contribution in [2.45, 2.75) is 32.6 Å². The van der Waals surface area contributed by atoms with Gasteiger partial charge in [0.2, 0.25) is 5.13 Å². The molecule has 0 amide bonds. The van der Waals surface area contributed by atoms with E-state index in [2.05, 4.69) is 9.98 Å². The molecule has 1 heterocycles. The lowest BCUT2D eigenvalue weighted by atomic mass is 10.0. The number of benzene rings is 1. The molecule has 110 valence electrons. The van der Waals surface area contributed by atoms with Crippen molar-refractivity contribution in [3.05, 3.63) is 34.3 Å². The fraction of sp³-hybridized carbons (Fsp3) is 0.375. The molecule has 2 aromatic rings. The second kappa shape index (κ2) is 6.26. The van der Waals surface area contributed by atoms with Gasteiger partial charge in [0, 0.05) is 11.1 Å². The highest BCUT2D eigenvalue weighted by molar-refractivity contribution is 7.15. The molecular weight excluding hydrogens is 284 g/mol. The Morgan fingerprint density at radius 1 is 1.38 bits per heavy atom. The lowest BCUT2D eigenvalue weighted by Crippen LogP contribution is -1.98. The van der Waals surface area contributed by atoms with Crippen molar-refractivity contribution in [3.63, 3.8) is 0 Å². The van der Waals surface area contributed by atoms with E-state index < -0.39 is 0 Å². The lowest BCUT2D eigenvalue weighted by Gasteiger charge is -2.06. The summed E-state index contributed by atoms with van der Waals surface area (Å²) in [5.41, 5.74) is 2.11. The molecule has 0 unspecified atom stereocenters. The standard InChI is InChI=1S/C16H18N2O2S/c1-2-20-14-9-11(7-8-13(14)19)10-17-16-18-12-5-3-4-6-15(12)21-16/h7-10,19H,2-6H2,1H3. The third-order valence-corrected chi connectivity index (χ3v) is 4.51. The van der Waals surface area contributed by atoms with Crippen LogP contribution in [0.1, 0.15) is 35.9 Å². The molecule has 0 aliphatic heterocycles. The largest absolute Gasteiger partial charge is 0.504 e. The number of hydrogen-bond donors (Lipinski definition) is 1. The van der Waals surface area contributed by atoms with Crippen molar-refractivity contribution in [3.8, 4) is 11.5 Å². The number of thiazole rings is 1. The predicted octanol–water partition coefficient (Wildman–Crippen LogP) is 3.88. The van der Waals surface area contributed by atoms with E-state index in [4.69, 9.17) is 4.74 Å². The molecule has 0 spiro atoms. The molecule has 1 aromatic heterocycles. The zero-order valence-corrected chi connectivity index (χ0v) is 12.8. The number of hydrogen-bond acceptors (Lipinski definition) is 5. The molecule has 21 heavy (non-hydrogen) atoms. The number of aromatic hydroxyl groups is 1. The number of phenolic OH excluding ortho intramolecular Hbond substituents is 1. The smallest absolute Gasteiger partial charge is 0.209 e. The van der Waals surface area contributed by atoms with Crippen molar-refractivity contribution in [2.24, 2.45) is 4.99 Å². The normalized spacial score (nSPS) is 14.3. The van der Waals surface area contributed by atoms with Crippen LogP contribution in [0.3, 0.4) is 0 Å². The van der Waals surface area contributed by atoms with Gasteiger partial charge in [-0.15, -0.1) is 0 Å². The monoisotopic (exact) mass is 302 g/mol. The fourth-order valence-corrected chi connectivity index (χ4v) is 3.40. The SMILES string of the molecule is CCOc1cc(C=Nc2nc3c(s2)CCCC3)ccc1O. The summed E-state index contributed by atoms with van der Waals surface area (Å²) in [4.78, 5) is 10.4. The molecule has 0 saturated carbocycles. The third-order valence-electron chi connectivity index (χ3n) is 3.44. The minimum absolute atomic E-state index is 0.152. The van der Waals surface area contributed by atoms with Crippen LogP contribution in [0.2, 0.25) is 0 Å². The Balaban J connectivity index is 1.79. The summed E-state index contributed by atoms with van der Waals surface area (Å²) in [6.07, 6.45) is 6.47. The molecule has 4 nitrogen and oxygen atoms in total. The molecular formula is C16H18N2O2S. The highest BCUT2D eigenvalue weighted by atomic mass is 32.1. The number of aryl methyl sites for hydroxylation is 2. The van der Waals surface area contributed by atoms with Gasteiger partial charge in [0.25, 0.3) is 0 Å². The zero-order chi connectivity index (χ0) is 14.7. The molecule has 1 aliphatic carbocycles. The van der Waals surface area contributed by atoms with E-state index in [9.17, 15) is 5.11 Å². The highest BCUT2D eigenvalue weighted by Crippen LogP contribution is 2.31. The van der Waals surface area contributed by atoms with Gasteiger partial charge in [-0.2, -0.15) is 0 Å². The Bertz CT molecular complexity index is 641. The Morgan fingerprint density at radius 2 is 2.24 bits per heavy atom. The average Bonchev–Trinajstić information content (AvgIpc) is 2.91. The summed E-state index contributed by atoms with van der Waals surface area (Å²) in [5, 5.41) is 10.5. The van der Waals surface area contributed by atoms with E-state index >= 15 is 0 Å². The lowest BCUT2D eigenvalue weighted by molar-refractivity contribution is 0.318. The van der Waals surface area contributed by atoms with E-state index in [0.29, 0.717) is 12.4 Å². The number of ether oxygens (including phenoxy) is 1. The molecule has 0 fully saturated rings. The molecule has 1 aromatic carbocycles. The van der Waals surface area contributed by atoms with Gasteiger partial charge in [-0.25, -0.2) is 9.98 Å². The van der Waals surface area contributed by atoms with Crippen LogP contribution < -0.4 is 4.74 Å². The van der Waals surface area contributed by atoms with Gasteiger partial charge in [-0.05, 0) is 56.4 Å². The Hall–Kier alpha value is -1.88. The number of rotatable bonds is 4. The number of fused-ring (bicyclic) bond motifs is 1. The molecule has 0 atom stereocenters. The minimum Gasteiger partial charge on any atom is -0.504 e. The van der Waals surface area contributed by atoms with Crippen LogP contribution in [-0.2, 0) is 12.8 Å². The van der Waals surface area contributed by atoms with Gasteiger partial charge in [0.1, 0.15) is 0 Å². The van der Waals surface area contributed by atoms with Gasteiger partial charge in [0.05, 0.1) is 12.3 Å². The van der Waals surface area contributed by atoms with Gasteiger partial charge in [0.15, 0.2) is 11.5 Å². The zero-order valence-electron chi connectivity index (χ0n) is 12.0. The first-order valence-corrected chi connectivity index (χ1v) is 8.06. The Labute approximate surface area is 128 Å². The first kappa shape index (κ1) is 14.1. The topological polar surface area (TPSA) is 54.7 Å². The predicted molar refractivity (Wildman–Crippen MR) is 85.3 cm³/mol. The molecule has 1 N–H and O–H groups in total.